The first-order valence-corrected chi connectivity index (χ1v) is 7.80. The maximum absolute atomic E-state index is 12.3. The predicted octanol–water partition coefficient (Wildman–Crippen LogP) is 1.76. The largest absolute Gasteiger partial charge is 0.481 e. The van der Waals surface area contributed by atoms with Gasteiger partial charge in [0.2, 0.25) is 0 Å². The molecule has 0 unspecified atom stereocenters. The fourth-order valence-corrected chi connectivity index (χ4v) is 2.99. The van der Waals surface area contributed by atoms with Gasteiger partial charge in [-0.3, -0.25) is 19.7 Å². The topological polar surface area (TPSA) is 127 Å². The molecule has 0 saturated heterocycles. The number of hydrogen-bond donors (Lipinski definition) is 2. The lowest BCUT2D eigenvalue weighted by molar-refractivity contribution is -0.384. The van der Waals surface area contributed by atoms with Crippen LogP contribution >= 0.6 is 0 Å². The highest BCUT2D eigenvalue weighted by Crippen LogP contribution is 2.26. The Hall–Kier alpha value is -3.23. The van der Waals surface area contributed by atoms with E-state index in [1.807, 2.05) is 0 Å². The third kappa shape index (κ3) is 3.49. The van der Waals surface area contributed by atoms with Crippen molar-refractivity contribution in [2.45, 2.75) is 25.3 Å². The first-order valence-electron chi connectivity index (χ1n) is 7.80. The Kier molecular flexibility index (Phi) is 4.46. The average molecular weight is 344 g/mol. The Morgan fingerprint density at radius 3 is 2.60 bits per heavy atom. The van der Waals surface area contributed by atoms with Crippen LogP contribution in [0.25, 0.3) is 5.69 Å². The number of hydrogen-bond acceptors (Lipinski definition) is 5. The van der Waals surface area contributed by atoms with Crippen LogP contribution in [0.15, 0.2) is 36.5 Å². The Morgan fingerprint density at radius 2 is 1.96 bits per heavy atom. The Morgan fingerprint density at radius 1 is 1.24 bits per heavy atom. The number of nitro benzene ring substituents is 1. The highest BCUT2D eigenvalue weighted by Gasteiger charge is 2.34. The van der Waals surface area contributed by atoms with Crippen molar-refractivity contribution in [2.75, 3.05) is 0 Å². The number of carbonyl (C=O) groups is 2. The van der Waals surface area contributed by atoms with E-state index in [-0.39, 0.29) is 11.4 Å². The third-order valence-electron chi connectivity index (χ3n) is 4.30. The van der Waals surface area contributed by atoms with Crippen molar-refractivity contribution in [3.8, 4) is 5.69 Å². The van der Waals surface area contributed by atoms with Crippen molar-refractivity contribution in [2.24, 2.45) is 5.92 Å². The second-order valence-corrected chi connectivity index (χ2v) is 5.87. The number of rotatable bonds is 5. The van der Waals surface area contributed by atoms with Crippen LogP contribution in [-0.2, 0) is 4.79 Å². The minimum Gasteiger partial charge on any atom is -0.481 e. The van der Waals surface area contributed by atoms with Crippen LogP contribution in [-0.4, -0.2) is 37.7 Å². The number of nitrogens with one attached hydrogen (secondary N) is 1. The summed E-state index contributed by atoms with van der Waals surface area (Å²) in [5.74, 6) is -1.90. The number of nitrogens with zero attached hydrogens (tertiary/aromatic N) is 3. The van der Waals surface area contributed by atoms with E-state index in [9.17, 15) is 19.7 Å². The Bertz CT molecular complexity index is 814. The standard InChI is InChI=1S/C16H16N4O5/c21-15(17-13-3-1-2-12(13)16(22)23)14-8-9-19(18-14)10-4-6-11(7-5-10)20(24)25/h4-9,12-13H,1-3H2,(H,17,21)(H,22,23)/t12-,13+/m1/s1. The van der Waals surface area contributed by atoms with Gasteiger partial charge < -0.3 is 10.4 Å². The molecule has 3 rings (SSSR count). The molecule has 0 spiro atoms. The van der Waals surface area contributed by atoms with Gasteiger partial charge in [0.05, 0.1) is 16.5 Å². The van der Waals surface area contributed by atoms with Crippen LogP contribution in [0.5, 0.6) is 0 Å². The minimum atomic E-state index is -0.904. The van der Waals surface area contributed by atoms with E-state index in [2.05, 4.69) is 10.4 Å². The third-order valence-corrected chi connectivity index (χ3v) is 4.30. The summed E-state index contributed by atoms with van der Waals surface area (Å²) in [6, 6.07) is 6.89. The molecule has 0 radical (unpaired) electrons. The zero-order valence-corrected chi connectivity index (χ0v) is 13.2. The van der Waals surface area contributed by atoms with E-state index >= 15 is 0 Å². The summed E-state index contributed by atoms with van der Waals surface area (Å²) < 4.78 is 1.43. The minimum absolute atomic E-state index is 0.0326. The average Bonchev–Trinajstić information content (AvgIpc) is 3.24. The lowest BCUT2D eigenvalue weighted by Gasteiger charge is -2.16. The number of carboxylic acid groups (broad SMARTS) is 1. The summed E-state index contributed by atoms with van der Waals surface area (Å²) in [7, 11) is 0. The van der Waals surface area contributed by atoms with E-state index in [4.69, 9.17) is 5.11 Å². The highest BCUT2D eigenvalue weighted by atomic mass is 16.6. The molecule has 130 valence electrons. The second-order valence-electron chi connectivity index (χ2n) is 5.87. The van der Waals surface area contributed by atoms with E-state index in [1.165, 1.54) is 35.0 Å². The molecule has 2 atom stereocenters. The molecule has 1 aromatic heterocycles. The van der Waals surface area contributed by atoms with E-state index < -0.39 is 28.8 Å². The lowest BCUT2D eigenvalue weighted by atomic mass is 10.0. The number of non-ortho nitro benzene ring substituents is 1. The fraction of sp³-hybridized carbons (Fsp3) is 0.312. The monoisotopic (exact) mass is 344 g/mol. The molecule has 1 heterocycles. The molecule has 0 bridgehead atoms. The smallest absolute Gasteiger partial charge is 0.308 e. The number of benzene rings is 1. The molecule has 2 N–H and O–H groups in total. The quantitative estimate of drug-likeness (QED) is 0.628. The number of aromatic nitrogens is 2. The summed E-state index contributed by atoms with van der Waals surface area (Å²) in [5.41, 5.74) is 0.707. The molecule has 1 aliphatic carbocycles. The van der Waals surface area contributed by atoms with Crippen molar-refractivity contribution in [3.05, 3.63) is 52.3 Å². The van der Waals surface area contributed by atoms with Crippen molar-refractivity contribution in [3.63, 3.8) is 0 Å². The van der Waals surface area contributed by atoms with Crippen LogP contribution in [0.1, 0.15) is 29.8 Å². The SMILES string of the molecule is O=C(N[C@H]1CCC[C@H]1C(=O)O)c1ccn(-c2ccc([N+](=O)[O-])cc2)n1. The maximum Gasteiger partial charge on any atom is 0.308 e. The van der Waals surface area contributed by atoms with Gasteiger partial charge in [-0.25, -0.2) is 4.68 Å². The summed E-state index contributed by atoms with van der Waals surface area (Å²) >= 11 is 0. The molecule has 1 aromatic carbocycles. The number of aliphatic carboxylic acids is 1. The van der Waals surface area contributed by atoms with Crippen molar-refractivity contribution in [1.29, 1.82) is 0 Å². The Balaban J connectivity index is 1.71. The van der Waals surface area contributed by atoms with E-state index in [0.717, 1.165) is 6.42 Å². The summed E-state index contributed by atoms with van der Waals surface area (Å²) in [6.45, 7) is 0. The summed E-state index contributed by atoms with van der Waals surface area (Å²) in [5, 5.41) is 26.7. The van der Waals surface area contributed by atoms with Crippen LogP contribution in [0.3, 0.4) is 0 Å². The van der Waals surface area contributed by atoms with E-state index in [1.54, 1.807) is 6.20 Å². The number of amides is 1. The van der Waals surface area contributed by atoms with Gasteiger partial charge >= 0.3 is 5.97 Å². The van der Waals surface area contributed by atoms with E-state index in [0.29, 0.717) is 18.5 Å². The zero-order valence-electron chi connectivity index (χ0n) is 13.2. The van der Waals surface area contributed by atoms with Gasteiger partial charge in [0, 0.05) is 24.4 Å². The molecule has 1 saturated carbocycles. The van der Waals surface area contributed by atoms with Gasteiger partial charge in [-0.2, -0.15) is 5.10 Å². The van der Waals surface area contributed by atoms with Gasteiger partial charge in [0.15, 0.2) is 5.69 Å². The normalized spacial score (nSPS) is 19.5. The van der Waals surface area contributed by atoms with Crippen molar-refractivity contribution < 1.29 is 19.6 Å². The molecular weight excluding hydrogens is 328 g/mol. The zero-order chi connectivity index (χ0) is 18.0. The molecule has 9 heteroatoms. The molecule has 1 fully saturated rings. The summed E-state index contributed by atoms with van der Waals surface area (Å²) in [6.07, 6.45) is 3.52. The van der Waals surface area contributed by atoms with Gasteiger partial charge in [-0.1, -0.05) is 6.42 Å². The Labute approximate surface area is 142 Å². The predicted molar refractivity (Wildman–Crippen MR) is 86.4 cm³/mol. The van der Waals surface area contributed by atoms with Crippen LogP contribution in [0.4, 0.5) is 5.69 Å². The molecule has 1 amide bonds. The molecule has 9 nitrogen and oxygen atoms in total. The van der Waals surface area contributed by atoms with Gasteiger partial charge in [0.25, 0.3) is 11.6 Å². The molecule has 0 aliphatic heterocycles. The van der Waals surface area contributed by atoms with Crippen LogP contribution < -0.4 is 5.32 Å². The first kappa shape index (κ1) is 16.6. The second kappa shape index (κ2) is 6.71. The molecular formula is C16H16N4O5. The number of carboxylic acids is 1. The first-order chi connectivity index (χ1) is 12.0. The maximum atomic E-state index is 12.3. The molecule has 25 heavy (non-hydrogen) atoms. The number of carbonyl (C=O) groups excluding carboxylic acids is 1. The van der Waals surface area contributed by atoms with Crippen LogP contribution in [0.2, 0.25) is 0 Å². The van der Waals surface area contributed by atoms with Gasteiger partial charge in [-0.05, 0) is 31.0 Å². The summed E-state index contributed by atoms with van der Waals surface area (Å²) in [4.78, 5) is 33.6. The fourth-order valence-electron chi connectivity index (χ4n) is 2.99. The van der Waals surface area contributed by atoms with Crippen LogP contribution in [0, 0.1) is 16.0 Å². The number of nitro groups is 1. The van der Waals surface area contributed by atoms with Gasteiger partial charge in [-0.15, -0.1) is 0 Å². The molecule has 1 aliphatic rings. The molecule has 2 aromatic rings. The van der Waals surface area contributed by atoms with Gasteiger partial charge in [0.1, 0.15) is 0 Å². The lowest BCUT2D eigenvalue weighted by Crippen LogP contribution is -2.40. The highest BCUT2D eigenvalue weighted by molar-refractivity contribution is 5.92. The van der Waals surface area contributed by atoms with Crippen molar-refractivity contribution in [1.82, 2.24) is 15.1 Å². The van der Waals surface area contributed by atoms with Crippen molar-refractivity contribution >= 4 is 17.6 Å².